The number of carboxylic acid groups (broad SMARTS) is 1. The Labute approximate surface area is 110 Å². The first kappa shape index (κ1) is 13.0. The molecule has 0 fully saturated rings. The maximum Gasteiger partial charge on any atom is 0.326 e. The van der Waals surface area contributed by atoms with E-state index in [4.69, 9.17) is 5.11 Å². The molecule has 1 heterocycles. The van der Waals surface area contributed by atoms with Crippen molar-refractivity contribution in [1.82, 2.24) is 5.32 Å². The largest absolute Gasteiger partial charge is 0.480 e. The molecule has 0 aliphatic carbocycles. The molecule has 0 bridgehead atoms. The van der Waals surface area contributed by atoms with E-state index in [1.54, 1.807) is 6.92 Å². The summed E-state index contributed by atoms with van der Waals surface area (Å²) < 4.78 is 0. The van der Waals surface area contributed by atoms with Gasteiger partial charge >= 0.3 is 5.97 Å². The van der Waals surface area contributed by atoms with E-state index in [1.807, 2.05) is 24.3 Å². The van der Waals surface area contributed by atoms with Gasteiger partial charge in [-0.1, -0.05) is 25.1 Å². The lowest BCUT2D eigenvalue weighted by atomic mass is 10.1. The minimum Gasteiger partial charge on any atom is -0.480 e. The van der Waals surface area contributed by atoms with Gasteiger partial charge in [-0.15, -0.1) is 11.8 Å². The molecule has 0 radical (unpaired) electrons. The Hall–Kier alpha value is -1.49. The van der Waals surface area contributed by atoms with Crippen LogP contribution in [-0.4, -0.2) is 28.3 Å². The third-order valence-corrected chi connectivity index (χ3v) is 4.28. The van der Waals surface area contributed by atoms with Crippen molar-refractivity contribution in [3.05, 3.63) is 29.8 Å². The van der Waals surface area contributed by atoms with Crippen molar-refractivity contribution in [3.8, 4) is 0 Å². The first-order valence-electron chi connectivity index (χ1n) is 5.89. The number of aliphatic carboxylic acids is 1. The molecule has 2 rings (SSSR count). The number of hydrogen-bond acceptors (Lipinski definition) is 3. The summed E-state index contributed by atoms with van der Waals surface area (Å²) in [5.41, 5.74) is 1.16. The zero-order chi connectivity index (χ0) is 13.1. The van der Waals surface area contributed by atoms with Crippen LogP contribution < -0.4 is 5.32 Å². The molecule has 4 nitrogen and oxygen atoms in total. The predicted octanol–water partition coefficient (Wildman–Crippen LogP) is 1.68. The molecule has 1 aromatic rings. The van der Waals surface area contributed by atoms with E-state index in [2.05, 4.69) is 5.32 Å². The molecule has 96 valence electrons. The third kappa shape index (κ3) is 2.67. The summed E-state index contributed by atoms with van der Waals surface area (Å²) >= 11 is 1.50. The first-order chi connectivity index (χ1) is 8.61. The third-order valence-electron chi connectivity index (χ3n) is 2.96. The molecule has 5 heteroatoms. The van der Waals surface area contributed by atoms with E-state index in [-0.39, 0.29) is 11.2 Å². The van der Waals surface area contributed by atoms with Crippen LogP contribution in [0.5, 0.6) is 0 Å². The Morgan fingerprint density at radius 3 is 2.83 bits per heavy atom. The van der Waals surface area contributed by atoms with E-state index in [0.717, 1.165) is 10.5 Å². The zero-order valence-electron chi connectivity index (χ0n) is 10.1. The van der Waals surface area contributed by atoms with Crippen molar-refractivity contribution in [1.29, 1.82) is 0 Å². The topological polar surface area (TPSA) is 66.4 Å². The average molecular weight is 265 g/mol. The molecule has 0 aromatic heterocycles. The summed E-state index contributed by atoms with van der Waals surface area (Å²) in [6.45, 7) is 1.75. The van der Waals surface area contributed by atoms with E-state index >= 15 is 0 Å². The van der Waals surface area contributed by atoms with Gasteiger partial charge in [0.25, 0.3) is 0 Å². The molecule has 0 saturated carbocycles. The van der Waals surface area contributed by atoms with Crippen LogP contribution in [0, 0.1) is 0 Å². The van der Waals surface area contributed by atoms with Gasteiger partial charge in [0, 0.05) is 4.90 Å². The van der Waals surface area contributed by atoms with Crippen LogP contribution in [0.15, 0.2) is 29.2 Å². The van der Waals surface area contributed by atoms with Crippen molar-refractivity contribution < 1.29 is 14.7 Å². The van der Waals surface area contributed by atoms with Crippen molar-refractivity contribution in [3.63, 3.8) is 0 Å². The van der Waals surface area contributed by atoms with Gasteiger partial charge in [0.1, 0.15) is 6.04 Å². The Kier molecular flexibility index (Phi) is 3.91. The summed E-state index contributed by atoms with van der Waals surface area (Å²) in [6, 6.07) is 7.09. The van der Waals surface area contributed by atoms with Crippen molar-refractivity contribution in [2.24, 2.45) is 0 Å². The quantitative estimate of drug-likeness (QED) is 0.869. The van der Waals surface area contributed by atoms with Crippen LogP contribution in [0.2, 0.25) is 0 Å². The molecule has 1 aromatic carbocycles. The van der Waals surface area contributed by atoms with Crippen LogP contribution in [0.25, 0.3) is 0 Å². The number of rotatable bonds is 4. The van der Waals surface area contributed by atoms with Gasteiger partial charge in [0.15, 0.2) is 0 Å². The van der Waals surface area contributed by atoms with Crippen LogP contribution >= 0.6 is 11.8 Å². The van der Waals surface area contributed by atoms with Gasteiger partial charge in [-0.3, -0.25) is 4.79 Å². The second kappa shape index (κ2) is 5.44. The fourth-order valence-electron chi connectivity index (χ4n) is 1.93. The van der Waals surface area contributed by atoms with Crippen LogP contribution in [0.1, 0.15) is 18.9 Å². The number of nitrogens with one attached hydrogen (secondary N) is 1. The number of fused-ring (bicyclic) bond motifs is 1. The lowest BCUT2D eigenvalue weighted by molar-refractivity contribution is -0.141. The maximum atomic E-state index is 12.0. The standard InChI is InChI=1S/C13H15NO3S/c1-2-9(13(16)17)14-12(15)11-7-8-5-3-4-6-10(8)18-11/h3-6,9,11H,2,7H2,1H3,(H,14,15)(H,16,17). The monoisotopic (exact) mass is 265 g/mol. The van der Waals surface area contributed by atoms with Gasteiger partial charge in [-0.05, 0) is 24.5 Å². The Bertz CT molecular complexity index is 450. The second-order valence-corrected chi connectivity index (χ2v) is 5.47. The minimum atomic E-state index is -0.980. The first-order valence-corrected chi connectivity index (χ1v) is 6.77. The molecule has 1 amide bonds. The van der Waals surface area contributed by atoms with Crippen molar-refractivity contribution >= 4 is 23.6 Å². The van der Waals surface area contributed by atoms with Crippen LogP contribution in [0.3, 0.4) is 0 Å². The molecular weight excluding hydrogens is 250 g/mol. The Morgan fingerprint density at radius 2 is 2.22 bits per heavy atom. The van der Waals surface area contributed by atoms with Crippen molar-refractivity contribution in [2.75, 3.05) is 0 Å². The summed E-state index contributed by atoms with van der Waals surface area (Å²) in [5, 5.41) is 11.3. The minimum absolute atomic E-state index is 0.189. The number of carbonyl (C=O) groups excluding carboxylic acids is 1. The number of hydrogen-bond donors (Lipinski definition) is 2. The fourth-order valence-corrected chi connectivity index (χ4v) is 3.14. The van der Waals surface area contributed by atoms with E-state index in [1.165, 1.54) is 11.8 Å². The van der Waals surface area contributed by atoms with Gasteiger partial charge in [-0.2, -0.15) is 0 Å². The highest BCUT2D eigenvalue weighted by molar-refractivity contribution is 8.01. The Balaban J connectivity index is 1.99. The normalized spacial score (nSPS) is 19.1. The molecule has 18 heavy (non-hydrogen) atoms. The highest BCUT2D eigenvalue weighted by Crippen LogP contribution is 2.36. The lowest BCUT2D eigenvalue weighted by Gasteiger charge is -2.15. The lowest BCUT2D eigenvalue weighted by Crippen LogP contribution is -2.44. The zero-order valence-corrected chi connectivity index (χ0v) is 10.9. The highest BCUT2D eigenvalue weighted by atomic mass is 32.2. The Morgan fingerprint density at radius 1 is 1.50 bits per heavy atom. The SMILES string of the molecule is CCC(NC(=O)C1Cc2ccccc2S1)C(=O)O. The molecule has 2 N–H and O–H groups in total. The number of amides is 1. The van der Waals surface area contributed by atoms with Crippen LogP contribution in [-0.2, 0) is 16.0 Å². The van der Waals surface area contributed by atoms with E-state index in [0.29, 0.717) is 12.8 Å². The molecule has 1 aliphatic heterocycles. The maximum absolute atomic E-state index is 12.0. The number of carbonyl (C=O) groups is 2. The van der Waals surface area contributed by atoms with Gasteiger partial charge in [-0.25, -0.2) is 4.79 Å². The fraction of sp³-hybridized carbons (Fsp3) is 0.385. The summed E-state index contributed by atoms with van der Waals surface area (Å²) in [7, 11) is 0. The van der Waals surface area contributed by atoms with E-state index < -0.39 is 12.0 Å². The number of thioether (sulfide) groups is 1. The summed E-state index contributed by atoms with van der Waals surface area (Å²) in [5.74, 6) is -1.17. The second-order valence-electron chi connectivity index (χ2n) is 4.23. The molecule has 1 aliphatic rings. The number of benzene rings is 1. The van der Waals surface area contributed by atoms with Crippen molar-refractivity contribution in [2.45, 2.75) is 36.0 Å². The van der Waals surface area contributed by atoms with E-state index in [9.17, 15) is 9.59 Å². The molecular formula is C13H15NO3S. The molecule has 2 unspecified atom stereocenters. The summed E-state index contributed by atoms with van der Waals surface area (Å²) in [6.07, 6.45) is 1.06. The van der Waals surface area contributed by atoms with Gasteiger partial charge in [0.2, 0.25) is 5.91 Å². The highest BCUT2D eigenvalue weighted by Gasteiger charge is 2.30. The summed E-state index contributed by atoms with van der Waals surface area (Å²) in [4.78, 5) is 24.0. The van der Waals surface area contributed by atoms with Gasteiger partial charge in [0.05, 0.1) is 5.25 Å². The smallest absolute Gasteiger partial charge is 0.326 e. The molecule has 0 spiro atoms. The molecule has 0 saturated heterocycles. The van der Waals surface area contributed by atoms with Gasteiger partial charge < -0.3 is 10.4 Å². The predicted molar refractivity (Wildman–Crippen MR) is 69.6 cm³/mol. The average Bonchev–Trinajstić information content (AvgIpc) is 2.79. The molecule has 2 atom stereocenters. The van der Waals surface area contributed by atoms with Crippen LogP contribution in [0.4, 0.5) is 0 Å². The number of carboxylic acids is 1.